The second-order valence-corrected chi connectivity index (χ2v) is 7.19. The summed E-state index contributed by atoms with van der Waals surface area (Å²) in [5.74, 6) is 0.790. The molecule has 0 aliphatic carbocycles. The maximum Gasteiger partial charge on any atom is 0.325 e. The summed E-state index contributed by atoms with van der Waals surface area (Å²) in [6.07, 6.45) is 6.49. The number of thioether (sulfide) groups is 1. The summed E-state index contributed by atoms with van der Waals surface area (Å²) in [5.41, 5.74) is 0. The van der Waals surface area contributed by atoms with Crippen LogP contribution in [0.2, 0.25) is 0 Å². The molecule has 2 aliphatic heterocycles. The molecule has 1 fully saturated rings. The predicted molar refractivity (Wildman–Crippen MR) is 94.5 cm³/mol. The lowest BCUT2D eigenvalue weighted by Crippen LogP contribution is -2.63. The SMILES string of the molecule is CCCCCSC1=NC2C(C(=O)NC(=O)N2C)N1CCCCC. The summed E-state index contributed by atoms with van der Waals surface area (Å²) in [6, 6.07) is -0.728. The maximum absolute atomic E-state index is 12.3. The number of carbonyl (C=O) groups is 2. The maximum atomic E-state index is 12.3. The van der Waals surface area contributed by atoms with Crippen LogP contribution in [0.1, 0.15) is 52.4 Å². The van der Waals surface area contributed by atoms with Crippen LogP contribution in [0.25, 0.3) is 0 Å². The van der Waals surface area contributed by atoms with E-state index in [4.69, 9.17) is 4.99 Å². The monoisotopic (exact) mass is 340 g/mol. The van der Waals surface area contributed by atoms with E-state index in [9.17, 15) is 9.59 Å². The number of hydrogen-bond donors (Lipinski definition) is 1. The van der Waals surface area contributed by atoms with E-state index in [-0.39, 0.29) is 24.1 Å². The Balaban J connectivity index is 2.08. The number of unbranched alkanes of at least 4 members (excludes halogenated alkanes) is 4. The Labute approximate surface area is 143 Å². The van der Waals surface area contributed by atoms with Crippen LogP contribution >= 0.6 is 11.8 Å². The molecule has 2 atom stereocenters. The van der Waals surface area contributed by atoms with Crippen molar-refractivity contribution in [2.75, 3.05) is 19.3 Å². The van der Waals surface area contributed by atoms with Crippen LogP contribution in [0.4, 0.5) is 4.79 Å². The Morgan fingerprint density at radius 3 is 2.52 bits per heavy atom. The van der Waals surface area contributed by atoms with Crippen LogP contribution < -0.4 is 5.32 Å². The first-order chi connectivity index (χ1) is 11.1. The number of fused-ring (bicyclic) bond motifs is 1. The van der Waals surface area contributed by atoms with Gasteiger partial charge < -0.3 is 9.80 Å². The van der Waals surface area contributed by atoms with Crippen LogP contribution in [0.5, 0.6) is 0 Å². The number of nitrogens with one attached hydrogen (secondary N) is 1. The average molecular weight is 340 g/mol. The molecule has 2 unspecified atom stereocenters. The third kappa shape index (κ3) is 4.19. The minimum Gasteiger partial charge on any atom is -0.336 e. The van der Waals surface area contributed by atoms with E-state index in [1.807, 2.05) is 0 Å². The number of urea groups is 1. The number of amidine groups is 1. The van der Waals surface area contributed by atoms with Gasteiger partial charge in [-0.15, -0.1) is 0 Å². The average Bonchev–Trinajstić information content (AvgIpc) is 2.89. The molecule has 0 saturated carbocycles. The zero-order valence-electron chi connectivity index (χ0n) is 14.4. The lowest BCUT2D eigenvalue weighted by Gasteiger charge is -2.36. The van der Waals surface area contributed by atoms with Gasteiger partial charge >= 0.3 is 6.03 Å². The van der Waals surface area contributed by atoms with Gasteiger partial charge in [0, 0.05) is 19.3 Å². The van der Waals surface area contributed by atoms with Crippen molar-refractivity contribution in [1.29, 1.82) is 0 Å². The van der Waals surface area contributed by atoms with Crippen LogP contribution in [-0.4, -0.2) is 58.5 Å². The highest BCUT2D eigenvalue weighted by Gasteiger charge is 2.48. The predicted octanol–water partition coefficient (Wildman–Crippen LogP) is 2.65. The topological polar surface area (TPSA) is 65.0 Å². The van der Waals surface area contributed by atoms with Crippen molar-refractivity contribution < 1.29 is 9.59 Å². The smallest absolute Gasteiger partial charge is 0.325 e. The van der Waals surface area contributed by atoms with Gasteiger partial charge in [0.25, 0.3) is 5.91 Å². The fourth-order valence-electron chi connectivity index (χ4n) is 2.90. The first kappa shape index (κ1) is 18.1. The van der Waals surface area contributed by atoms with E-state index in [2.05, 4.69) is 24.1 Å². The number of likely N-dealkylation sites (N-methyl/N-ethyl adjacent to an activating group) is 1. The Morgan fingerprint density at radius 1 is 1.13 bits per heavy atom. The van der Waals surface area contributed by atoms with Gasteiger partial charge in [-0.05, 0) is 12.8 Å². The third-order valence-electron chi connectivity index (χ3n) is 4.30. The summed E-state index contributed by atoms with van der Waals surface area (Å²) < 4.78 is 0. The van der Waals surface area contributed by atoms with Crippen LogP contribution in [0, 0.1) is 0 Å². The van der Waals surface area contributed by atoms with E-state index in [1.54, 1.807) is 23.7 Å². The van der Waals surface area contributed by atoms with Gasteiger partial charge in [-0.2, -0.15) is 0 Å². The molecule has 23 heavy (non-hydrogen) atoms. The van der Waals surface area contributed by atoms with E-state index in [0.717, 1.165) is 43.1 Å². The van der Waals surface area contributed by atoms with Crippen molar-refractivity contribution in [2.45, 2.75) is 64.6 Å². The van der Waals surface area contributed by atoms with Gasteiger partial charge in [0.05, 0.1) is 0 Å². The van der Waals surface area contributed by atoms with Gasteiger partial charge in [0.2, 0.25) is 0 Å². The van der Waals surface area contributed by atoms with E-state index < -0.39 is 0 Å². The zero-order valence-corrected chi connectivity index (χ0v) is 15.2. The molecule has 2 heterocycles. The summed E-state index contributed by atoms with van der Waals surface area (Å²) in [6.45, 7) is 5.18. The molecule has 0 radical (unpaired) electrons. The molecule has 6 nitrogen and oxygen atoms in total. The van der Waals surface area contributed by atoms with Crippen molar-refractivity contribution in [3.8, 4) is 0 Å². The zero-order chi connectivity index (χ0) is 16.8. The first-order valence-electron chi connectivity index (χ1n) is 8.65. The van der Waals surface area contributed by atoms with Crippen molar-refractivity contribution in [3.05, 3.63) is 0 Å². The van der Waals surface area contributed by atoms with Crippen molar-refractivity contribution in [3.63, 3.8) is 0 Å². The largest absolute Gasteiger partial charge is 0.336 e. The van der Waals surface area contributed by atoms with E-state index in [0.29, 0.717) is 0 Å². The summed E-state index contributed by atoms with van der Waals surface area (Å²) in [5, 5.41) is 3.36. The molecule has 0 spiro atoms. The van der Waals surface area contributed by atoms with Crippen molar-refractivity contribution in [2.24, 2.45) is 4.99 Å². The molecular formula is C16H28N4O2S. The normalized spacial score (nSPS) is 23.9. The molecule has 1 N–H and O–H groups in total. The summed E-state index contributed by atoms with van der Waals surface area (Å²) >= 11 is 1.72. The van der Waals surface area contributed by atoms with Gasteiger partial charge in [-0.25, -0.2) is 9.79 Å². The van der Waals surface area contributed by atoms with Gasteiger partial charge in [-0.3, -0.25) is 10.1 Å². The van der Waals surface area contributed by atoms with Gasteiger partial charge in [0.1, 0.15) is 0 Å². The molecule has 7 heteroatoms. The highest BCUT2D eigenvalue weighted by Crippen LogP contribution is 2.29. The van der Waals surface area contributed by atoms with Crippen LogP contribution in [0.15, 0.2) is 4.99 Å². The molecule has 0 aromatic carbocycles. The molecule has 3 amide bonds. The number of imide groups is 1. The lowest BCUT2D eigenvalue weighted by molar-refractivity contribution is -0.127. The molecule has 0 aromatic rings. The second-order valence-electron chi connectivity index (χ2n) is 6.13. The number of rotatable bonds is 8. The molecule has 1 saturated heterocycles. The number of nitrogens with zero attached hydrogens (tertiary/aromatic N) is 3. The Morgan fingerprint density at radius 2 is 1.83 bits per heavy atom. The van der Waals surface area contributed by atoms with Crippen LogP contribution in [-0.2, 0) is 4.79 Å². The number of aliphatic imine (C=N–C) groups is 1. The number of hydrogen-bond acceptors (Lipinski definition) is 5. The second kappa shape index (κ2) is 8.57. The van der Waals surface area contributed by atoms with Gasteiger partial charge in [-0.1, -0.05) is 51.3 Å². The molecule has 2 aliphatic rings. The van der Waals surface area contributed by atoms with Gasteiger partial charge in [0.15, 0.2) is 17.4 Å². The van der Waals surface area contributed by atoms with Crippen molar-refractivity contribution in [1.82, 2.24) is 15.1 Å². The molecule has 2 rings (SSSR count). The summed E-state index contributed by atoms with van der Waals surface area (Å²) in [4.78, 5) is 32.5. The fourth-order valence-corrected chi connectivity index (χ4v) is 3.99. The Hall–Kier alpha value is -1.24. The quantitative estimate of drug-likeness (QED) is 0.690. The molecular weight excluding hydrogens is 312 g/mol. The minimum absolute atomic E-state index is 0.220. The standard InChI is InChI=1S/C16H28N4O2S/c1-4-6-8-10-20-12-13(19(3)15(22)18-14(12)21)17-16(20)23-11-9-7-5-2/h12-13H,4-11H2,1-3H3,(H,18,21,22). The molecule has 130 valence electrons. The van der Waals surface area contributed by atoms with Crippen LogP contribution in [0.3, 0.4) is 0 Å². The van der Waals surface area contributed by atoms with E-state index >= 15 is 0 Å². The minimum atomic E-state index is -0.383. The Bertz CT molecular complexity index is 469. The van der Waals surface area contributed by atoms with Crippen molar-refractivity contribution >= 4 is 28.9 Å². The number of carbonyl (C=O) groups excluding carboxylic acids is 2. The molecule has 0 bridgehead atoms. The molecule has 0 aromatic heterocycles. The highest BCUT2D eigenvalue weighted by molar-refractivity contribution is 8.13. The highest BCUT2D eigenvalue weighted by atomic mass is 32.2. The van der Waals surface area contributed by atoms with E-state index in [1.165, 1.54) is 12.8 Å². The third-order valence-corrected chi connectivity index (χ3v) is 5.40. The fraction of sp³-hybridized carbons (Fsp3) is 0.812. The Kier molecular flexibility index (Phi) is 6.74. The first-order valence-corrected chi connectivity index (χ1v) is 9.63. The lowest BCUT2D eigenvalue weighted by atomic mass is 10.1. The number of amides is 3. The summed E-state index contributed by atoms with van der Waals surface area (Å²) in [7, 11) is 1.71.